The number of sulfone groups is 2. The van der Waals surface area contributed by atoms with Crippen LogP contribution in [0.15, 0.2) is 98.5 Å². The van der Waals surface area contributed by atoms with Gasteiger partial charge in [0.2, 0.25) is 19.7 Å². The minimum atomic E-state index is -4.09. The average Bonchev–Trinajstić information content (AvgIpc) is 3.72. The Balaban J connectivity index is 1.41. The lowest BCUT2D eigenvalue weighted by Gasteiger charge is -2.35. The summed E-state index contributed by atoms with van der Waals surface area (Å²) in [5, 5.41) is 13.8. The van der Waals surface area contributed by atoms with Crippen molar-refractivity contribution in [1.82, 2.24) is 45.6 Å². The second-order valence-corrected chi connectivity index (χ2v) is 16.5. The molecule has 5 aromatic rings. The van der Waals surface area contributed by atoms with Gasteiger partial charge in [0.25, 0.3) is 10.3 Å². The Hall–Kier alpha value is -5.19. The molecule has 0 saturated carbocycles. The zero-order valence-corrected chi connectivity index (χ0v) is 30.6. The van der Waals surface area contributed by atoms with Crippen molar-refractivity contribution < 1.29 is 16.8 Å². The molecule has 6 rings (SSSR count). The number of aromatic nitrogens is 6. The van der Waals surface area contributed by atoms with Gasteiger partial charge >= 0.3 is 0 Å². The fourth-order valence-electron chi connectivity index (χ4n) is 6.22. The van der Waals surface area contributed by atoms with Crippen LogP contribution in [-0.4, -0.2) is 57.4 Å². The number of hydrogen-bond acceptors (Lipinski definition) is 12. The van der Waals surface area contributed by atoms with Crippen LogP contribution in [0, 0.1) is 41.5 Å². The molecule has 14 nitrogen and oxygen atoms in total. The number of hydrazine groups is 2. The first-order chi connectivity index (χ1) is 23.5. The highest BCUT2D eigenvalue weighted by molar-refractivity contribution is 7.91. The molecule has 0 amide bonds. The molecule has 0 atom stereocenters. The van der Waals surface area contributed by atoms with Gasteiger partial charge in [-0.15, -0.1) is 20.5 Å². The maximum atomic E-state index is 13.8. The highest BCUT2D eigenvalue weighted by Gasteiger charge is 2.31. The Bertz CT molecular complexity index is 2370. The first kappa shape index (κ1) is 34.7. The molecule has 0 aliphatic carbocycles. The Morgan fingerprint density at radius 1 is 0.680 bits per heavy atom. The first-order valence-electron chi connectivity index (χ1n) is 15.7. The second-order valence-electron chi connectivity index (χ2n) is 12.9. The van der Waals surface area contributed by atoms with E-state index >= 15 is 0 Å². The molecule has 0 bridgehead atoms. The molecule has 2 N–H and O–H groups in total. The summed E-state index contributed by atoms with van der Waals surface area (Å²) in [7, 11) is -8.17. The van der Waals surface area contributed by atoms with E-state index in [1.807, 2.05) is 58.0 Å². The molecule has 0 fully saturated rings. The molecule has 16 heteroatoms. The van der Waals surface area contributed by atoms with Gasteiger partial charge in [-0.1, -0.05) is 65.7 Å². The first-order valence-corrected chi connectivity index (χ1v) is 18.6. The molecule has 3 heterocycles. The van der Waals surface area contributed by atoms with Gasteiger partial charge in [0, 0.05) is 6.08 Å². The van der Waals surface area contributed by atoms with Crippen molar-refractivity contribution >= 4 is 31.3 Å². The van der Waals surface area contributed by atoms with Crippen molar-refractivity contribution in [2.75, 3.05) is 0 Å². The number of nitrogens with zero attached hydrogens (tertiary/aromatic N) is 8. The monoisotopic (exact) mass is 714 g/mol. The van der Waals surface area contributed by atoms with Crippen LogP contribution >= 0.6 is 0 Å². The highest BCUT2D eigenvalue weighted by atomic mass is 32.2. The fourth-order valence-corrected chi connectivity index (χ4v) is 9.28. The number of nitrogens with one attached hydrogen (secondary N) is 2. The quantitative estimate of drug-likeness (QED) is 0.235. The summed E-state index contributed by atoms with van der Waals surface area (Å²) in [5.41, 5.74) is 10.9. The van der Waals surface area contributed by atoms with E-state index in [0.29, 0.717) is 22.3 Å². The van der Waals surface area contributed by atoms with Crippen LogP contribution in [0.2, 0.25) is 0 Å². The summed E-state index contributed by atoms with van der Waals surface area (Å²) < 4.78 is 57.5. The smallest absolute Gasteiger partial charge is 0.250 e. The van der Waals surface area contributed by atoms with Gasteiger partial charge in [-0.05, 0) is 83.2 Å². The maximum Gasteiger partial charge on any atom is 0.272 e. The number of hydrazone groups is 1. The third-order valence-electron chi connectivity index (χ3n) is 8.22. The molecule has 0 saturated heterocycles. The van der Waals surface area contributed by atoms with E-state index in [-0.39, 0.29) is 26.6 Å². The van der Waals surface area contributed by atoms with Gasteiger partial charge < -0.3 is 0 Å². The SMILES string of the molecule is Cc1cc(C)c(S(=O)(=O)c2ncn(C3=CC(n4cnc(S(=O)(=O)c5c(C)cc(C)cc5C)n4)=NN(NC(C)(C)c4ccccc4)N3)n2)c(C)c1. The van der Waals surface area contributed by atoms with E-state index in [1.54, 1.807) is 52.0 Å². The molecule has 0 spiro atoms. The summed E-state index contributed by atoms with van der Waals surface area (Å²) in [4.78, 5) is 8.63. The summed E-state index contributed by atoms with van der Waals surface area (Å²) in [5.74, 6) is 0.384. The maximum absolute atomic E-state index is 13.8. The second kappa shape index (κ2) is 12.6. The Labute approximate surface area is 291 Å². The Kier molecular flexibility index (Phi) is 8.74. The van der Waals surface area contributed by atoms with E-state index in [2.05, 4.69) is 36.1 Å². The lowest BCUT2D eigenvalue weighted by molar-refractivity contribution is 0.0831. The van der Waals surface area contributed by atoms with Gasteiger partial charge in [0.15, 0.2) is 11.7 Å². The zero-order valence-electron chi connectivity index (χ0n) is 29.0. The fraction of sp³-hybridized carbons (Fsp3) is 0.265. The number of hydrogen-bond donors (Lipinski definition) is 2. The Morgan fingerprint density at radius 2 is 1.14 bits per heavy atom. The van der Waals surface area contributed by atoms with Crippen molar-refractivity contribution in [2.24, 2.45) is 5.10 Å². The topological polar surface area (TPSA) is 169 Å². The molecule has 0 unspecified atom stereocenters. The summed E-state index contributed by atoms with van der Waals surface area (Å²) in [6.07, 6.45) is 4.05. The van der Waals surface area contributed by atoms with Crippen LogP contribution < -0.4 is 10.9 Å². The van der Waals surface area contributed by atoms with Gasteiger partial charge in [0.05, 0.1) is 15.3 Å². The third kappa shape index (κ3) is 6.44. The molecular formula is C34H38N10O4S2. The van der Waals surface area contributed by atoms with Crippen molar-refractivity contribution in [3.8, 4) is 0 Å². The standard InChI is InChI=1S/C34H38N10O4S2/c1-21-14-23(3)30(24(4)15-21)49(45,46)32-35-19-42(39-32)28-18-29(38-44(37-28)41-34(7,8)27-12-10-9-11-13-27)43-20-36-33(40-43)50(47,48)31-25(5)16-22(2)17-26(31)6/h9-20,37,41H,1-8H3. The number of rotatable bonds is 8. The molecule has 3 aromatic carbocycles. The summed E-state index contributed by atoms with van der Waals surface area (Å²) in [6.45, 7) is 14.7. The normalized spacial score (nSPS) is 14.0. The van der Waals surface area contributed by atoms with E-state index in [1.165, 1.54) is 33.3 Å². The van der Waals surface area contributed by atoms with Crippen LogP contribution in [0.5, 0.6) is 0 Å². The molecule has 2 aromatic heterocycles. The van der Waals surface area contributed by atoms with E-state index in [4.69, 9.17) is 0 Å². The lowest BCUT2D eigenvalue weighted by Crippen LogP contribution is -2.54. The molecule has 1 aliphatic heterocycles. The predicted molar refractivity (Wildman–Crippen MR) is 187 cm³/mol. The third-order valence-corrected chi connectivity index (χ3v) is 11.9. The number of benzene rings is 3. The van der Waals surface area contributed by atoms with Crippen molar-refractivity contribution in [3.63, 3.8) is 0 Å². The summed E-state index contributed by atoms with van der Waals surface area (Å²) in [6, 6.07) is 16.9. The van der Waals surface area contributed by atoms with Crippen LogP contribution in [0.25, 0.3) is 5.82 Å². The average molecular weight is 715 g/mol. The molecule has 0 radical (unpaired) electrons. The van der Waals surface area contributed by atoms with E-state index in [0.717, 1.165) is 16.7 Å². The van der Waals surface area contributed by atoms with Gasteiger partial charge in [-0.25, -0.2) is 36.9 Å². The van der Waals surface area contributed by atoms with Crippen LogP contribution in [0.1, 0.15) is 52.8 Å². The lowest BCUT2D eigenvalue weighted by atomic mass is 9.95. The van der Waals surface area contributed by atoms with Gasteiger partial charge in [0.1, 0.15) is 12.7 Å². The van der Waals surface area contributed by atoms with Crippen LogP contribution in [0.4, 0.5) is 0 Å². The van der Waals surface area contributed by atoms with Crippen molar-refractivity contribution in [2.45, 2.75) is 81.0 Å². The van der Waals surface area contributed by atoms with Crippen molar-refractivity contribution in [3.05, 3.63) is 112 Å². The van der Waals surface area contributed by atoms with Crippen LogP contribution in [0.3, 0.4) is 0 Å². The number of aryl methyl sites for hydroxylation is 6. The molecular weight excluding hydrogens is 677 g/mol. The van der Waals surface area contributed by atoms with E-state index < -0.39 is 30.4 Å². The zero-order chi connectivity index (χ0) is 36.2. The van der Waals surface area contributed by atoms with Crippen molar-refractivity contribution in [1.29, 1.82) is 0 Å². The summed E-state index contributed by atoms with van der Waals surface area (Å²) >= 11 is 0. The minimum Gasteiger partial charge on any atom is -0.250 e. The highest BCUT2D eigenvalue weighted by Crippen LogP contribution is 2.28. The minimum absolute atomic E-state index is 0.145. The number of allylic oxidation sites excluding steroid dienone is 1. The van der Waals surface area contributed by atoms with Gasteiger partial charge in [-0.3, -0.25) is 0 Å². The largest absolute Gasteiger partial charge is 0.272 e. The Morgan fingerprint density at radius 3 is 1.64 bits per heavy atom. The van der Waals surface area contributed by atoms with E-state index in [9.17, 15) is 16.8 Å². The van der Waals surface area contributed by atoms with Gasteiger partial charge in [-0.2, -0.15) is 10.1 Å². The predicted octanol–water partition coefficient (Wildman–Crippen LogP) is 4.31. The molecule has 1 aliphatic rings. The molecule has 260 valence electrons. The van der Waals surface area contributed by atoms with Crippen LogP contribution in [-0.2, 0) is 25.2 Å². The molecule has 50 heavy (non-hydrogen) atoms.